The van der Waals surface area contributed by atoms with Gasteiger partial charge in [-0.1, -0.05) is 6.92 Å². The van der Waals surface area contributed by atoms with Crippen LogP contribution in [-0.2, 0) is 11.0 Å². The van der Waals surface area contributed by atoms with Crippen molar-refractivity contribution in [2.75, 3.05) is 13.1 Å². The summed E-state index contributed by atoms with van der Waals surface area (Å²) in [6.07, 6.45) is -2.66. The molecule has 1 heterocycles. The monoisotopic (exact) mass is 313 g/mol. The molecule has 22 heavy (non-hydrogen) atoms. The van der Waals surface area contributed by atoms with Gasteiger partial charge in [0, 0.05) is 31.0 Å². The number of ketones is 1. The molecule has 1 amide bonds. The van der Waals surface area contributed by atoms with Crippen LogP contribution in [0.5, 0.6) is 0 Å². The zero-order chi connectivity index (χ0) is 16.3. The Morgan fingerprint density at radius 3 is 2.14 bits per heavy atom. The number of alkyl halides is 3. The lowest BCUT2D eigenvalue weighted by molar-refractivity contribution is -0.137. The first kappa shape index (κ1) is 16.5. The summed E-state index contributed by atoms with van der Waals surface area (Å²) in [6, 6.07) is 4.24. The van der Waals surface area contributed by atoms with Crippen molar-refractivity contribution in [2.45, 2.75) is 32.4 Å². The molecule has 0 spiro atoms. The second-order valence-corrected chi connectivity index (χ2v) is 5.46. The Morgan fingerprint density at radius 1 is 1.14 bits per heavy atom. The van der Waals surface area contributed by atoms with E-state index < -0.39 is 11.7 Å². The van der Waals surface area contributed by atoms with E-state index in [-0.39, 0.29) is 23.2 Å². The van der Waals surface area contributed by atoms with Gasteiger partial charge < -0.3 is 4.90 Å². The SMILES string of the molecule is CCC(=O)C1CCN(C(=O)c2ccc(C(F)(F)F)cc2)CC1. The van der Waals surface area contributed by atoms with E-state index in [2.05, 4.69) is 0 Å². The molecule has 0 aromatic heterocycles. The van der Waals surface area contributed by atoms with Crippen LogP contribution in [0.25, 0.3) is 0 Å². The maximum atomic E-state index is 12.5. The Morgan fingerprint density at radius 2 is 1.68 bits per heavy atom. The third-order valence-electron chi connectivity index (χ3n) is 4.05. The molecule has 120 valence electrons. The summed E-state index contributed by atoms with van der Waals surface area (Å²) in [4.78, 5) is 25.5. The maximum absolute atomic E-state index is 12.5. The van der Waals surface area contributed by atoms with Gasteiger partial charge in [0.2, 0.25) is 0 Å². The molecule has 0 radical (unpaired) electrons. The standard InChI is InChI=1S/C16H18F3NO2/c1-2-14(21)11-7-9-20(10-8-11)15(22)12-3-5-13(6-4-12)16(17,18)19/h3-6,11H,2,7-10H2,1H3. The molecule has 0 unspecified atom stereocenters. The lowest BCUT2D eigenvalue weighted by atomic mass is 9.91. The number of carbonyl (C=O) groups excluding carboxylic acids is 2. The van der Waals surface area contributed by atoms with E-state index in [1.807, 2.05) is 6.92 Å². The topological polar surface area (TPSA) is 37.4 Å². The van der Waals surface area contributed by atoms with Crippen LogP contribution >= 0.6 is 0 Å². The quantitative estimate of drug-likeness (QED) is 0.856. The van der Waals surface area contributed by atoms with Gasteiger partial charge in [-0.2, -0.15) is 13.2 Å². The number of carbonyl (C=O) groups is 2. The van der Waals surface area contributed by atoms with Crippen LogP contribution in [0.4, 0.5) is 13.2 Å². The second-order valence-electron chi connectivity index (χ2n) is 5.46. The number of halogens is 3. The highest BCUT2D eigenvalue weighted by Gasteiger charge is 2.31. The zero-order valence-electron chi connectivity index (χ0n) is 12.3. The molecular weight excluding hydrogens is 295 g/mol. The molecule has 0 N–H and O–H groups in total. The normalized spacial score (nSPS) is 16.6. The van der Waals surface area contributed by atoms with E-state index in [0.29, 0.717) is 32.4 Å². The number of nitrogens with zero attached hydrogens (tertiary/aromatic N) is 1. The molecule has 1 saturated heterocycles. The summed E-state index contributed by atoms with van der Waals surface area (Å²) in [5.41, 5.74) is -0.524. The van der Waals surface area contributed by atoms with Crippen molar-refractivity contribution in [2.24, 2.45) is 5.92 Å². The van der Waals surface area contributed by atoms with Crippen LogP contribution in [0.15, 0.2) is 24.3 Å². The highest BCUT2D eigenvalue weighted by atomic mass is 19.4. The Balaban J connectivity index is 2.00. The fourth-order valence-electron chi connectivity index (χ4n) is 2.68. The van der Waals surface area contributed by atoms with Crippen molar-refractivity contribution in [3.8, 4) is 0 Å². The predicted molar refractivity (Wildman–Crippen MR) is 75.4 cm³/mol. The summed E-state index contributed by atoms with van der Waals surface area (Å²) < 4.78 is 37.5. The first-order valence-electron chi connectivity index (χ1n) is 7.32. The lowest BCUT2D eigenvalue weighted by Gasteiger charge is -2.31. The van der Waals surface area contributed by atoms with Crippen molar-refractivity contribution >= 4 is 11.7 Å². The minimum atomic E-state index is -4.40. The van der Waals surface area contributed by atoms with Crippen LogP contribution in [0, 0.1) is 5.92 Å². The number of benzene rings is 1. The van der Waals surface area contributed by atoms with E-state index in [9.17, 15) is 22.8 Å². The van der Waals surface area contributed by atoms with Crippen LogP contribution in [0.1, 0.15) is 42.1 Å². The van der Waals surface area contributed by atoms with Crippen molar-refractivity contribution in [3.63, 3.8) is 0 Å². The molecule has 0 aliphatic carbocycles. The summed E-state index contributed by atoms with van der Waals surface area (Å²) >= 11 is 0. The predicted octanol–water partition coefficient (Wildman–Crippen LogP) is 3.54. The lowest BCUT2D eigenvalue weighted by Crippen LogP contribution is -2.40. The largest absolute Gasteiger partial charge is 0.416 e. The number of hydrogen-bond acceptors (Lipinski definition) is 2. The summed E-state index contributed by atoms with van der Waals surface area (Å²) in [5.74, 6) is -0.0700. The van der Waals surface area contributed by atoms with Gasteiger partial charge >= 0.3 is 6.18 Å². The molecule has 2 rings (SSSR count). The average Bonchev–Trinajstić information content (AvgIpc) is 2.53. The molecule has 6 heteroatoms. The molecule has 0 atom stereocenters. The number of amides is 1. The Bertz CT molecular complexity index is 544. The first-order chi connectivity index (χ1) is 10.3. The second kappa shape index (κ2) is 6.50. The van der Waals surface area contributed by atoms with E-state index in [1.165, 1.54) is 12.1 Å². The Hall–Kier alpha value is -1.85. The summed E-state index contributed by atoms with van der Waals surface area (Å²) in [5, 5.41) is 0. The molecule has 1 aromatic rings. The van der Waals surface area contributed by atoms with E-state index in [4.69, 9.17) is 0 Å². The number of hydrogen-bond donors (Lipinski definition) is 0. The van der Waals surface area contributed by atoms with Crippen LogP contribution in [0.2, 0.25) is 0 Å². The third-order valence-corrected chi connectivity index (χ3v) is 4.05. The fourth-order valence-corrected chi connectivity index (χ4v) is 2.68. The van der Waals surface area contributed by atoms with Crippen molar-refractivity contribution < 1.29 is 22.8 Å². The van der Waals surface area contributed by atoms with E-state index in [1.54, 1.807) is 4.90 Å². The molecule has 1 fully saturated rings. The smallest absolute Gasteiger partial charge is 0.339 e. The van der Waals surface area contributed by atoms with Gasteiger partial charge in [-0.25, -0.2) is 0 Å². The molecule has 0 bridgehead atoms. The van der Waals surface area contributed by atoms with E-state index >= 15 is 0 Å². The first-order valence-corrected chi connectivity index (χ1v) is 7.32. The van der Waals surface area contributed by atoms with Crippen LogP contribution in [-0.4, -0.2) is 29.7 Å². The van der Waals surface area contributed by atoms with Gasteiger partial charge in [0.1, 0.15) is 5.78 Å². The Labute approximate surface area is 127 Å². The number of likely N-dealkylation sites (tertiary alicyclic amines) is 1. The molecule has 1 aromatic carbocycles. The highest BCUT2D eigenvalue weighted by molar-refractivity contribution is 5.94. The average molecular weight is 313 g/mol. The van der Waals surface area contributed by atoms with Crippen molar-refractivity contribution in [1.29, 1.82) is 0 Å². The van der Waals surface area contributed by atoms with Gasteiger partial charge in [-0.15, -0.1) is 0 Å². The molecule has 3 nitrogen and oxygen atoms in total. The van der Waals surface area contributed by atoms with E-state index in [0.717, 1.165) is 12.1 Å². The summed E-state index contributed by atoms with van der Waals surface area (Å²) in [7, 11) is 0. The fraction of sp³-hybridized carbons (Fsp3) is 0.500. The number of piperidine rings is 1. The van der Waals surface area contributed by atoms with Crippen molar-refractivity contribution in [1.82, 2.24) is 4.90 Å². The summed E-state index contributed by atoms with van der Waals surface area (Å²) in [6.45, 7) is 2.76. The highest BCUT2D eigenvalue weighted by Crippen LogP contribution is 2.29. The number of rotatable bonds is 3. The third kappa shape index (κ3) is 3.67. The minimum Gasteiger partial charge on any atom is -0.339 e. The van der Waals surface area contributed by atoms with Gasteiger partial charge in [0.15, 0.2) is 0 Å². The molecule has 1 aliphatic rings. The van der Waals surface area contributed by atoms with Crippen LogP contribution in [0.3, 0.4) is 0 Å². The molecule has 0 saturated carbocycles. The van der Waals surface area contributed by atoms with Gasteiger partial charge in [0.05, 0.1) is 5.56 Å². The van der Waals surface area contributed by atoms with Crippen LogP contribution < -0.4 is 0 Å². The number of Topliss-reactive ketones (excluding diaryl/α,β-unsaturated/α-hetero) is 1. The molecule has 1 aliphatic heterocycles. The minimum absolute atomic E-state index is 0.00153. The zero-order valence-corrected chi connectivity index (χ0v) is 12.3. The van der Waals surface area contributed by atoms with Gasteiger partial charge in [-0.05, 0) is 37.1 Å². The Kier molecular flexibility index (Phi) is 4.88. The van der Waals surface area contributed by atoms with Gasteiger partial charge in [0.25, 0.3) is 5.91 Å². The van der Waals surface area contributed by atoms with Crippen molar-refractivity contribution in [3.05, 3.63) is 35.4 Å². The maximum Gasteiger partial charge on any atom is 0.416 e. The molecular formula is C16H18F3NO2. The van der Waals surface area contributed by atoms with Gasteiger partial charge in [-0.3, -0.25) is 9.59 Å².